The van der Waals surface area contributed by atoms with Gasteiger partial charge < -0.3 is 4.74 Å². The standard InChI is InChI=1S/C7H5BrFNO/c8-4-1-5(6-3-11-6)7(9)10-2-4/h1-2,6H,3H2/t6-/m1/s1. The lowest BCUT2D eigenvalue weighted by Crippen LogP contribution is -1.91. The zero-order valence-corrected chi connectivity index (χ0v) is 7.14. The number of aromatic nitrogens is 1. The number of ether oxygens (including phenoxy) is 1. The molecule has 0 unspecified atom stereocenters. The Balaban J connectivity index is 2.42. The normalized spacial score (nSPS) is 21.8. The van der Waals surface area contributed by atoms with Crippen LogP contribution in [0.4, 0.5) is 4.39 Å². The van der Waals surface area contributed by atoms with E-state index in [0.717, 1.165) is 4.47 Å². The van der Waals surface area contributed by atoms with Crippen molar-refractivity contribution in [2.75, 3.05) is 6.61 Å². The monoisotopic (exact) mass is 217 g/mol. The second-order valence-electron chi connectivity index (χ2n) is 2.36. The van der Waals surface area contributed by atoms with Crippen molar-refractivity contribution in [3.8, 4) is 0 Å². The minimum Gasteiger partial charge on any atom is -0.368 e. The van der Waals surface area contributed by atoms with E-state index in [1.165, 1.54) is 6.20 Å². The zero-order chi connectivity index (χ0) is 7.84. The summed E-state index contributed by atoms with van der Waals surface area (Å²) in [5.41, 5.74) is 0.541. The van der Waals surface area contributed by atoms with E-state index in [4.69, 9.17) is 4.74 Å². The van der Waals surface area contributed by atoms with Crippen LogP contribution in [0, 0.1) is 5.95 Å². The lowest BCUT2D eigenvalue weighted by molar-refractivity contribution is 0.404. The molecule has 1 fully saturated rings. The van der Waals surface area contributed by atoms with Crippen LogP contribution < -0.4 is 0 Å². The van der Waals surface area contributed by atoms with Crippen molar-refractivity contribution in [1.29, 1.82) is 0 Å². The summed E-state index contributed by atoms with van der Waals surface area (Å²) in [7, 11) is 0. The number of pyridine rings is 1. The van der Waals surface area contributed by atoms with Gasteiger partial charge in [0.1, 0.15) is 6.10 Å². The molecule has 2 nitrogen and oxygen atoms in total. The smallest absolute Gasteiger partial charge is 0.218 e. The Labute approximate surface area is 71.5 Å². The minimum absolute atomic E-state index is 0.0694. The van der Waals surface area contributed by atoms with Gasteiger partial charge in [0, 0.05) is 16.2 Å². The SMILES string of the molecule is Fc1ncc(Br)cc1[C@H]1CO1. The number of nitrogens with zero attached hydrogens (tertiary/aromatic N) is 1. The van der Waals surface area contributed by atoms with Crippen molar-refractivity contribution in [3.63, 3.8) is 0 Å². The summed E-state index contributed by atoms with van der Waals surface area (Å²) in [5.74, 6) is -0.435. The first-order valence-electron chi connectivity index (χ1n) is 3.20. The molecule has 1 aromatic rings. The van der Waals surface area contributed by atoms with Gasteiger partial charge >= 0.3 is 0 Å². The van der Waals surface area contributed by atoms with E-state index in [-0.39, 0.29) is 6.10 Å². The maximum absolute atomic E-state index is 12.8. The molecular weight excluding hydrogens is 213 g/mol. The van der Waals surface area contributed by atoms with Crippen LogP contribution >= 0.6 is 15.9 Å². The third-order valence-corrected chi connectivity index (χ3v) is 1.95. The first-order chi connectivity index (χ1) is 5.27. The van der Waals surface area contributed by atoms with Gasteiger partial charge in [-0.15, -0.1) is 0 Å². The molecule has 0 amide bonds. The average Bonchev–Trinajstić information content (AvgIpc) is 2.76. The highest BCUT2D eigenvalue weighted by atomic mass is 79.9. The Hall–Kier alpha value is -0.480. The average molecular weight is 218 g/mol. The van der Waals surface area contributed by atoms with Gasteiger partial charge in [-0.2, -0.15) is 4.39 Å². The van der Waals surface area contributed by atoms with E-state index in [0.29, 0.717) is 12.2 Å². The molecule has 2 rings (SSSR count). The molecule has 0 aliphatic carbocycles. The Kier molecular flexibility index (Phi) is 1.65. The summed E-state index contributed by atoms with van der Waals surface area (Å²) in [5, 5.41) is 0. The van der Waals surface area contributed by atoms with Crippen LogP contribution in [0.15, 0.2) is 16.7 Å². The lowest BCUT2D eigenvalue weighted by atomic mass is 10.2. The van der Waals surface area contributed by atoms with E-state index in [1.54, 1.807) is 6.07 Å². The summed E-state index contributed by atoms with van der Waals surface area (Å²) < 4.78 is 18.6. The molecule has 0 bridgehead atoms. The van der Waals surface area contributed by atoms with Gasteiger partial charge in [-0.1, -0.05) is 0 Å². The van der Waals surface area contributed by atoms with E-state index in [2.05, 4.69) is 20.9 Å². The predicted molar refractivity (Wildman–Crippen MR) is 40.6 cm³/mol. The molecule has 0 N–H and O–H groups in total. The van der Waals surface area contributed by atoms with Crippen molar-refractivity contribution in [1.82, 2.24) is 4.98 Å². The summed E-state index contributed by atoms with van der Waals surface area (Å²) in [6.07, 6.45) is 1.36. The maximum atomic E-state index is 12.8. The maximum Gasteiger partial charge on any atom is 0.218 e. The van der Waals surface area contributed by atoms with Gasteiger partial charge in [-0.05, 0) is 22.0 Å². The van der Waals surface area contributed by atoms with Crippen molar-refractivity contribution < 1.29 is 9.13 Å². The van der Waals surface area contributed by atoms with Crippen molar-refractivity contribution in [2.24, 2.45) is 0 Å². The van der Waals surface area contributed by atoms with Crippen LogP contribution in [-0.2, 0) is 4.74 Å². The molecule has 1 aromatic heterocycles. The van der Waals surface area contributed by atoms with E-state index < -0.39 is 5.95 Å². The van der Waals surface area contributed by atoms with Gasteiger partial charge in [-0.3, -0.25) is 0 Å². The predicted octanol–water partition coefficient (Wildman–Crippen LogP) is 2.05. The molecule has 4 heteroatoms. The summed E-state index contributed by atoms with van der Waals surface area (Å²) in [6, 6.07) is 1.69. The Morgan fingerprint density at radius 2 is 2.45 bits per heavy atom. The fourth-order valence-corrected chi connectivity index (χ4v) is 1.24. The summed E-state index contributed by atoms with van der Waals surface area (Å²) >= 11 is 3.21. The highest BCUT2D eigenvalue weighted by Crippen LogP contribution is 2.32. The number of rotatable bonds is 1. The Morgan fingerprint density at radius 1 is 1.73 bits per heavy atom. The molecule has 0 saturated carbocycles. The number of epoxide rings is 1. The minimum atomic E-state index is -0.435. The molecular formula is C7H5BrFNO. The van der Waals surface area contributed by atoms with Crippen LogP contribution in [0.1, 0.15) is 11.7 Å². The van der Waals surface area contributed by atoms with Crippen LogP contribution in [0.25, 0.3) is 0 Å². The molecule has 1 saturated heterocycles. The van der Waals surface area contributed by atoms with Gasteiger partial charge in [-0.25, -0.2) is 4.98 Å². The molecule has 11 heavy (non-hydrogen) atoms. The molecule has 1 aliphatic rings. The summed E-state index contributed by atoms with van der Waals surface area (Å²) in [6.45, 7) is 0.606. The topological polar surface area (TPSA) is 25.4 Å². The van der Waals surface area contributed by atoms with Crippen molar-refractivity contribution >= 4 is 15.9 Å². The number of hydrogen-bond acceptors (Lipinski definition) is 2. The number of halogens is 2. The molecule has 0 aromatic carbocycles. The van der Waals surface area contributed by atoms with E-state index in [9.17, 15) is 4.39 Å². The van der Waals surface area contributed by atoms with Crippen molar-refractivity contribution in [3.05, 3.63) is 28.2 Å². The van der Waals surface area contributed by atoms with Gasteiger partial charge in [0.15, 0.2) is 0 Å². The molecule has 2 heterocycles. The third kappa shape index (κ3) is 1.41. The Morgan fingerprint density at radius 3 is 3.09 bits per heavy atom. The lowest BCUT2D eigenvalue weighted by Gasteiger charge is -1.96. The number of hydrogen-bond donors (Lipinski definition) is 0. The van der Waals surface area contributed by atoms with Gasteiger partial charge in [0.2, 0.25) is 5.95 Å². The van der Waals surface area contributed by atoms with Gasteiger partial charge in [0.25, 0.3) is 0 Å². The van der Waals surface area contributed by atoms with E-state index >= 15 is 0 Å². The Bertz CT molecular complexity index is 288. The fourth-order valence-electron chi connectivity index (χ4n) is 0.892. The molecule has 1 atom stereocenters. The molecule has 0 radical (unpaired) electrons. The first kappa shape index (κ1) is 7.18. The molecule has 0 spiro atoms. The van der Waals surface area contributed by atoms with Crippen LogP contribution in [0.5, 0.6) is 0 Å². The molecule has 58 valence electrons. The first-order valence-corrected chi connectivity index (χ1v) is 3.99. The van der Waals surface area contributed by atoms with Gasteiger partial charge in [0.05, 0.1) is 6.61 Å². The zero-order valence-electron chi connectivity index (χ0n) is 5.55. The third-order valence-electron chi connectivity index (χ3n) is 1.51. The largest absolute Gasteiger partial charge is 0.368 e. The van der Waals surface area contributed by atoms with Crippen LogP contribution in [0.2, 0.25) is 0 Å². The van der Waals surface area contributed by atoms with E-state index in [1.807, 2.05) is 0 Å². The highest BCUT2D eigenvalue weighted by molar-refractivity contribution is 9.10. The summed E-state index contributed by atoms with van der Waals surface area (Å²) in [4.78, 5) is 3.55. The second-order valence-corrected chi connectivity index (χ2v) is 3.27. The van der Waals surface area contributed by atoms with Crippen molar-refractivity contribution in [2.45, 2.75) is 6.10 Å². The van der Waals surface area contributed by atoms with Crippen LogP contribution in [-0.4, -0.2) is 11.6 Å². The fraction of sp³-hybridized carbons (Fsp3) is 0.286. The molecule has 1 aliphatic heterocycles. The second kappa shape index (κ2) is 2.53. The van der Waals surface area contributed by atoms with Crippen LogP contribution in [0.3, 0.4) is 0 Å². The quantitative estimate of drug-likeness (QED) is 0.532. The highest BCUT2D eigenvalue weighted by Gasteiger charge is 2.28.